The van der Waals surface area contributed by atoms with Gasteiger partial charge in [-0.1, -0.05) is 12.1 Å². The topological polar surface area (TPSA) is 90.8 Å². The maximum Gasteiger partial charge on any atom is 0.330 e. The van der Waals surface area contributed by atoms with Gasteiger partial charge in [0.1, 0.15) is 23.5 Å². The molecule has 1 N–H and O–H groups in total. The minimum atomic E-state index is -1.06. The average molecular weight is 448 g/mol. The van der Waals surface area contributed by atoms with Crippen LogP contribution in [0.3, 0.4) is 0 Å². The second kappa shape index (κ2) is 7.04. The molecule has 0 radical (unpaired) electrons. The number of imidazole rings is 2. The molecule has 1 aliphatic carbocycles. The van der Waals surface area contributed by atoms with Crippen molar-refractivity contribution in [2.45, 2.75) is 25.0 Å². The first kappa shape index (κ1) is 19.7. The molecule has 5 aromatic rings. The number of hydrogen-bond acceptors (Lipinski definition) is 5. The highest BCUT2D eigenvalue weighted by Crippen LogP contribution is 2.40. The van der Waals surface area contributed by atoms with Crippen LogP contribution in [0.4, 0.5) is 8.78 Å². The third-order valence-electron chi connectivity index (χ3n) is 6.33. The lowest BCUT2D eigenvalue weighted by Crippen LogP contribution is -2.30. The summed E-state index contributed by atoms with van der Waals surface area (Å²) < 4.78 is 33.3. The minimum Gasteiger partial charge on any atom is -0.388 e. The minimum absolute atomic E-state index is 0.0198. The summed E-state index contributed by atoms with van der Waals surface area (Å²) in [6, 6.07) is 8.76. The molecule has 3 heterocycles. The van der Waals surface area contributed by atoms with Gasteiger partial charge in [-0.3, -0.25) is 13.7 Å². The number of aryl methyl sites for hydroxylation is 1. The molecule has 0 aliphatic heterocycles. The van der Waals surface area contributed by atoms with E-state index in [1.807, 2.05) is 24.3 Å². The molecule has 0 saturated heterocycles. The van der Waals surface area contributed by atoms with E-state index in [1.54, 1.807) is 24.1 Å². The number of benzene rings is 2. The fourth-order valence-electron chi connectivity index (χ4n) is 4.76. The first-order valence-electron chi connectivity index (χ1n) is 10.5. The molecule has 0 saturated carbocycles. The van der Waals surface area contributed by atoms with Gasteiger partial charge in [-0.2, -0.15) is 4.98 Å². The number of hydrogen-bond donors (Lipinski definition) is 1. The molecular weight excluding hydrogens is 430 g/mol. The fourth-order valence-corrected chi connectivity index (χ4v) is 4.76. The van der Waals surface area contributed by atoms with Crippen LogP contribution in [0.5, 0.6) is 0 Å². The Morgan fingerprint density at radius 3 is 2.76 bits per heavy atom. The van der Waals surface area contributed by atoms with Crippen LogP contribution >= 0.6 is 0 Å². The lowest BCUT2D eigenvalue weighted by atomic mass is 9.85. The second-order valence-electron chi connectivity index (χ2n) is 8.19. The lowest BCUT2D eigenvalue weighted by Gasteiger charge is -2.30. The van der Waals surface area contributed by atoms with Gasteiger partial charge >= 0.3 is 5.69 Å². The van der Waals surface area contributed by atoms with Gasteiger partial charge < -0.3 is 5.11 Å². The zero-order valence-electron chi connectivity index (χ0n) is 17.5. The van der Waals surface area contributed by atoms with E-state index in [9.17, 15) is 18.7 Å². The monoisotopic (exact) mass is 448 g/mol. The first-order chi connectivity index (χ1) is 15.9. The molecule has 0 amide bonds. The van der Waals surface area contributed by atoms with Crippen molar-refractivity contribution in [1.29, 1.82) is 0 Å². The van der Waals surface area contributed by atoms with Crippen LogP contribution in [-0.2, 0) is 7.05 Å². The molecule has 3 aromatic heterocycles. The number of halogens is 2. The Balaban J connectivity index is 1.60. The van der Waals surface area contributed by atoms with Crippen LogP contribution in [0, 0.1) is 11.6 Å². The van der Waals surface area contributed by atoms with E-state index in [1.165, 1.54) is 15.2 Å². The molecule has 166 valence electrons. The largest absolute Gasteiger partial charge is 0.388 e. The summed E-state index contributed by atoms with van der Waals surface area (Å²) in [5, 5.41) is 10.4. The van der Waals surface area contributed by atoms with Gasteiger partial charge in [0.05, 0.1) is 29.4 Å². The van der Waals surface area contributed by atoms with Gasteiger partial charge in [-0.15, -0.1) is 0 Å². The molecular formula is C23H18F2N6O2. The summed E-state index contributed by atoms with van der Waals surface area (Å²) in [6.45, 7) is 0. The van der Waals surface area contributed by atoms with Crippen LogP contribution in [0.25, 0.3) is 28.1 Å². The number of aliphatic hydroxyl groups excluding tert-OH is 1. The Labute approximate surface area is 185 Å². The predicted molar refractivity (Wildman–Crippen MR) is 116 cm³/mol. The van der Waals surface area contributed by atoms with Gasteiger partial charge in [0.15, 0.2) is 5.65 Å². The standard InChI is InChI=1S/C23H18F2N6O2/c1-29-18-10-26-22(30-11-27-15-4-2-3-5-17(15)30)28-21(18)31(23(29)33)16-6-7-19(32)20-13(16)8-12(24)9-14(20)25/h2-5,8-11,16,19,32H,6-7H2,1H3. The van der Waals surface area contributed by atoms with Gasteiger partial charge in [-0.05, 0) is 36.6 Å². The molecule has 0 bridgehead atoms. The van der Waals surface area contributed by atoms with Crippen LogP contribution in [-0.4, -0.2) is 33.8 Å². The maximum atomic E-state index is 14.6. The SMILES string of the molecule is Cn1c(=O)n(C2CCC(O)c3c(F)cc(F)cc32)c2nc(-n3cnc4ccccc43)ncc21. The lowest BCUT2D eigenvalue weighted by molar-refractivity contribution is 0.142. The Morgan fingerprint density at radius 2 is 1.91 bits per heavy atom. The number of rotatable bonds is 2. The summed E-state index contributed by atoms with van der Waals surface area (Å²) >= 11 is 0. The predicted octanol–water partition coefficient (Wildman–Crippen LogP) is 3.16. The Kier molecular flexibility index (Phi) is 4.21. The van der Waals surface area contributed by atoms with Crippen molar-refractivity contribution in [2.24, 2.45) is 7.05 Å². The Morgan fingerprint density at radius 1 is 1.09 bits per heavy atom. The smallest absolute Gasteiger partial charge is 0.330 e. The van der Waals surface area contributed by atoms with Crippen molar-refractivity contribution in [3.8, 4) is 5.95 Å². The van der Waals surface area contributed by atoms with E-state index in [0.717, 1.165) is 17.1 Å². The van der Waals surface area contributed by atoms with Crippen LogP contribution in [0.2, 0.25) is 0 Å². The number of para-hydroxylation sites is 2. The van der Waals surface area contributed by atoms with Crippen molar-refractivity contribution in [2.75, 3.05) is 0 Å². The third kappa shape index (κ3) is 2.83. The fraction of sp³-hybridized carbons (Fsp3) is 0.217. The second-order valence-corrected chi connectivity index (χ2v) is 8.19. The van der Waals surface area contributed by atoms with E-state index >= 15 is 0 Å². The van der Waals surface area contributed by atoms with E-state index < -0.39 is 23.8 Å². The van der Waals surface area contributed by atoms with Gasteiger partial charge in [0.2, 0.25) is 5.95 Å². The highest BCUT2D eigenvalue weighted by Gasteiger charge is 2.33. The van der Waals surface area contributed by atoms with Crippen LogP contribution in [0.1, 0.15) is 36.1 Å². The highest BCUT2D eigenvalue weighted by molar-refractivity contribution is 5.77. The van der Waals surface area contributed by atoms with Gasteiger partial charge in [-0.25, -0.2) is 23.5 Å². The highest BCUT2D eigenvalue weighted by atomic mass is 19.1. The molecule has 8 nitrogen and oxygen atoms in total. The number of aromatic nitrogens is 6. The molecule has 33 heavy (non-hydrogen) atoms. The summed E-state index contributed by atoms with van der Waals surface area (Å²) in [6.07, 6.45) is 2.64. The maximum absolute atomic E-state index is 14.6. The van der Waals surface area contributed by atoms with Gasteiger partial charge in [0, 0.05) is 18.7 Å². The molecule has 2 atom stereocenters. The van der Waals surface area contributed by atoms with Crippen molar-refractivity contribution in [3.05, 3.63) is 82.2 Å². The average Bonchev–Trinajstić information content (AvgIpc) is 3.33. The van der Waals surface area contributed by atoms with E-state index in [2.05, 4.69) is 15.0 Å². The molecule has 6 rings (SSSR count). The number of aliphatic hydroxyl groups is 1. The summed E-state index contributed by atoms with van der Waals surface area (Å²) in [5.74, 6) is -1.27. The van der Waals surface area contributed by atoms with Crippen LogP contribution in [0.15, 0.2) is 53.7 Å². The Bertz CT molecular complexity index is 1620. The quantitative estimate of drug-likeness (QED) is 0.448. The normalized spacial score (nSPS) is 18.2. The molecule has 2 unspecified atom stereocenters. The summed E-state index contributed by atoms with van der Waals surface area (Å²) in [4.78, 5) is 26.7. The molecule has 1 aliphatic rings. The summed E-state index contributed by atoms with van der Waals surface area (Å²) in [5.41, 5.74) is 2.27. The van der Waals surface area contributed by atoms with E-state index in [-0.39, 0.29) is 23.2 Å². The third-order valence-corrected chi connectivity index (χ3v) is 6.33. The molecule has 10 heteroatoms. The van der Waals surface area contributed by atoms with Crippen molar-refractivity contribution in [1.82, 2.24) is 28.7 Å². The Hall–Kier alpha value is -3.92. The zero-order valence-corrected chi connectivity index (χ0v) is 17.5. The van der Waals surface area contributed by atoms with Crippen molar-refractivity contribution in [3.63, 3.8) is 0 Å². The van der Waals surface area contributed by atoms with E-state index in [0.29, 0.717) is 23.5 Å². The summed E-state index contributed by atoms with van der Waals surface area (Å²) in [7, 11) is 1.60. The first-order valence-corrected chi connectivity index (χ1v) is 10.5. The molecule has 0 fully saturated rings. The number of fused-ring (bicyclic) bond motifs is 3. The molecule has 2 aromatic carbocycles. The van der Waals surface area contributed by atoms with E-state index in [4.69, 9.17) is 0 Å². The molecule has 0 spiro atoms. The van der Waals surface area contributed by atoms with Gasteiger partial charge in [0.25, 0.3) is 0 Å². The number of nitrogens with zero attached hydrogens (tertiary/aromatic N) is 6. The van der Waals surface area contributed by atoms with Crippen molar-refractivity contribution >= 4 is 22.2 Å². The zero-order chi connectivity index (χ0) is 22.9. The van der Waals surface area contributed by atoms with Crippen LogP contribution < -0.4 is 5.69 Å². The van der Waals surface area contributed by atoms with Crippen molar-refractivity contribution < 1.29 is 13.9 Å².